The summed E-state index contributed by atoms with van der Waals surface area (Å²) in [6, 6.07) is 20.9. The molecule has 6 nitrogen and oxygen atoms in total. The van der Waals surface area contributed by atoms with Crippen molar-refractivity contribution in [2.24, 2.45) is 0 Å². The van der Waals surface area contributed by atoms with Gasteiger partial charge in [0.15, 0.2) is 11.5 Å². The van der Waals surface area contributed by atoms with Gasteiger partial charge in [-0.05, 0) is 36.4 Å². The Hall–Kier alpha value is -3.80. The van der Waals surface area contributed by atoms with Crippen molar-refractivity contribution in [1.29, 1.82) is 0 Å². The molecule has 1 aliphatic rings. The molecule has 134 valence electrons. The lowest BCUT2D eigenvalue weighted by Gasteiger charge is -2.12. The predicted octanol–water partition coefficient (Wildman–Crippen LogP) is 3.92. The minimum absolute atomic E-state index is 0.168. The van der Waals surface area contributed by atoms with Gasteiger partial charge in [-0.1, -0.05) is 30.3 Å². The summed E-state index contributed by atoms with van der Waals surface area (Å²) in [4.78, 5) is 25.1. The van der Waals surface area contributed by atoms with Crippen molar-refractivity contribution in [3.05, 3.63) is 83.9 Å². The van der Waals surface area contributed by atoms with Gasteiger partial charge in [0.05, 0.1) is 11.3 Å². The second-order valence-electron chi connectivity index (χ2n) is 5.89. The third kappa shape index (κ3) is 3.59. The summed E-state index contributed by atoms with van der Waals surface area (Å²) in [6.07, 6.45) is 0. The van der Waals surface area contributed by atoms with Gasteiger partial charge in [-0.25, -0.2) is 0 Å². The van der Waals surface area contributed by atoms with E-state index in [4.69, 9.17) is 9.47 Å². The van der Waals surface area contributed by atoms with E-state index in [-0.39, 0.29) is 18.6 Å². The molecule has 0 saturated carbocycles. The summed E-state index contributed by atoms with van der Waals surface area (Å²) in [7, 11) is 0. The number of benzene rings is 3. The predicted molar refractivity (Wildman–Crippen MR) is 101 cm³/mol. The van der Waals surface area contributed by atoms with Gasteiger partial charge >= 0.3 is 0 Å². The zero-order valence-electron chi connectivity index (χ0n) is 14.3. The van der Waals surface area contributed by atoms with Crippen LogP contribution in [0, 0.1) is 0 Å². The number of anilines is 2. The molecule has 3 aromatic rings. The Bertz CT molecular complexity index is 1000. The van der Waals surface area contributed by atoms with Gasteiger partial charge in [0.25, 0.3) is 11.8 Å². The molecule has 2 amide bonds. The number of nitrogens with one attached hydrogen (secondary N) is 2. The molecule has 0 saturated heterocycles. The lowest BCUT2D eigenvalue weighted by atomic mass is 10.1. The van der Waals surface area contributed by atoms with Crippen LogP contribution in [0.4, 0.5) is 11.4 Å². The third-order valence-corrected chi connectivity index (χ3v) is 4.09. The Morgan fingerprint density at radius 1 is 0.741 bits per heavy atom. The number of rotatable bonds is 4. The van der Waals surface area contributed by atoms with E-state index in [1.807, 2.05) is 6.07 Å². The van der Waals surface area contributed by atoms with Gasteiger partial charge in [0.2, 0.25) is 6.79 Å². The van der Waals surface area contributed by atoms with Gasteiger partial charge in [-0.15, -0.1) is 0 Å². The van der Waals surface area contributed by atoms with E-state index in [2.05, 4.69) is 10.6 Å². The summed E-state index contributed by atoms with van der Waals surface area (Å²) in [5.74, 6) is 0.610. The van der Waals surface area contributed by atoms with Gasteiger partial charge in [-0.3, -0.25) is 9.59 Å². The van der Waals surface area contributed by atoms with Crippen molar-refractivity contribution < 1.29 is 19.1 Å². The number of fused-ring (bicyclic) bond motifs is 1. The number of hydrogen-bond acceptors (Lipinski definition) is 4. The molecule has 0 aliphatic carbocycles. The Labute approximate surface area is 155 Å². The Morgan fingerprint density at radius 2 is 1.48 bits per heavy atom. The quantitative estimate of drug-likeness (QED) is 0.739. The number of para-hydroxylation sites is 1. The smallest absolute Gasteiger partial charge is 0.257 e. The second-order valence-corrected chi connectivity index (χ2v) is 5.89. The molecule has 0 bridgehead atoms. The monoisotopic (exact) mass is 360 g/mol. The van der Waals surface area contributed by atoms with Gasteiger partial charge < -0.3 is 20.1 Å². The third-order valence-electron chi connectivity index (χ3n) is 4.09. The lowest BCUT2D eigenvalue weighted by molar-refractivity contribution is 0.102. The molecule has 6 heteroatoms. The minimum Gasteiger partial charge on any atom is -0.454 e. The molecule has 0 atom stereocenters. The maximum Gasteiger partial charge on any atom is 0.257 e. The van der Waals surface area contributed by atoms with Crippen LogP contribution in [0.25, 0.3) is 0 Å². The van der Waals surface area contributed by atoms with Crippen LogP contribution in [0.15, 0.2) is 72.8 Å². The number of hydrogen-bond donors (Lipinski definition) is 2. The Balaban J connectivity index is 1.53. The summed E-state index contributed by atoms with van der Waals surface area (Å²) >= 11 is 0. The highest BCUT2D eigenvalue weighted by atomic mass is 16.7. The molecule has 0 unspecified atom stereocenters. The first-order chi connectivity index (χ1) is 13.2. The fourth-order valence-electron chi connectivity index (χ4n) is 2.75. The lowest BCUT2D eigenvalue weighted by Crippen LogP contribution is -2.18. The second kappa shape index (κ2) is 7.21. The largest absolute Gasteiger partial charge is 0.454 e. The van der Waals surface area contributed by atoms with Gasteiger partial charge in [-0.2, -0.15) is 0 Å². The van der Waals surface area contributed by atoms with Crippen LogP contribution < -0.4 is 20.1 Å². The average molecular weight is 360 g/mol. The van der Waals surface area contributed by atoms with E-state index >= 15 is 0 Å². The highest BCUT2D eigenvalue weighted by molar-refractivity contribution is 6.12. The molecule has 3 aromatic carbocycles. The molecular formula is C21H16N2O4. The summed E-state index contributed by atoms with van der Waals surface area (Å²) in [5.41, 5.74) is 1.89. The zero-order valence-corrected chi connectivity index (χ0v) is 14.3. The molecule has 1 aliphatic heterocycles. The van der Waals surface area contributed by atoms with E-state index in [1.165, 1.54) is 0 Å². The van der Waals surface area contributed by atoms with Crippen molar-refractivity contribution in [1.82, 2.24) is 0 Å². The van der Waals surface area contributed by atoms with Crippen molar-refractivity contribution in [2.75, 3.05) is 17.4 Å². The fraction of sp³-hybridized carbons (Fsp3) is 0.0476. The summed E-state index contributed by atoms with van der Waals surface area (Å²) < 4.78 is 10.6. The van der Waals surface area contributed by atoms with Crippen molar-refractivity contribution in [3.63, 3.8) is 0 Å². The van der Waals surface area contributed by atoms with E-state index < -0.39 is 0 Å². The van der Waals surface area contributed by atoms with Crippen LogP contribution in [0.2, 0.25) is 0 Å². The van der Waals surface area contributed by atoms with E-state index in [1.54, 1.807) is 66.7 Å². The van der Waals surface area contributed by atoms with Crippen molar-refractivity contribution in [2.45, 2.75) is 0 Å². The maximum absolute atomic E-state index is 12.7. The maximum atomic E-state index is 12.7. The Kier molecular flexibility index (Phi) is 4.45. The zero-order chi connectivity index (χ0) is 18.6. The van der Waals surface area contributed by atoms with Gasteiger partial charge in [0, 0.05) is 17.3 Å². The van der Waals surface area contributed by atoms with Crippen LogP contribution >= 0.6 is 0 Å². The van der Waals surface area contributed by atoms with E-state index in [9.17, 15) is 9.59 Å². The number of carbonyl (C=O) groups is 2. The van der Waals surface area contributed by atoms with Crippen LogP contribution in [-0.2, 0) is 0 Å². The summed E-state index contributed by atoms with van der Waals surface area (Å²) in [6.45, 7) is 0.168. The van der Waals surface area contributed by atoms with Crippen LogP contribution in [0.1, 0.15) is 20.7 Å². The first-order valence-corrected chi connectivity index (χ1v) is 8.37. The van der Waals surface area contributed by atoms with Crippen molar-refractivity contribution in [3.8, 4) is 11.5 Å². The molecule has 4 rings (SSSR count). The molecular weight excluding hydrogens is 344 g/mol. The molecule has 2 N–H and O–H groups in total. The fourth-order valence-corrected chi connectivity index (χ4v) is 2.75. The number of ether oxygens (including phenoxy) is 2. The van der Waals surface area contributed by atoms with Crippen LogP contribution in [0.5, 0.6) is 11.5 Å². The molecule has 0 fully saturated rings. The summed E-state index contributed by atoms with van der Waals surface area (Å²) in [5, 5.41) is 5.61. The minimum atomic E-state index is -0.335. The first-order valence-electron chi connectivity index (χ1n) is 8.37. The van der Waals surface area contributed by atoms with E-state index in [0.29, 0.717) is 34.0 Å². The SMILES string of the molecule is O=C(Nc1ccccc1C(=O)Nc1ccc2c(c1)OCO2)c1ccccc1. The molecule has 0 spiro atoms. The molecule has 27 heavy (non-hydrogen) atoms. The van der Waals surface area contributed by atoms with Crippen LogP contribution in [-0.4, -0.2) is 18.6 Å². The molecule has 0 aromatic heterocycles. The molecule has 0 radical (unpaired) electrons. The van der Waals surface area contributed by atoms with Crippen LogP contribution in [0.3, 0.4) is 0 Å². The number of carbonyl (C=O) groups excluding carboxylic acids is 2. The highest BCUT2D eigenvalue weighted by Gasteiger charge is 2.17. The topological polar surface area (TPSA) is 76.7 Å². The average Bonchev–Trinajstić information content (AvgIpc) is 3.17. The van der Waals surface area contributed by atoms with Gasteiger partial charge in [0.1, 0.15) is 0 Å². The highest BCUT2D eigenvalue weighted by Crippen LogP contribution is 2.34. The van der Waals surface area contributed by atoms with Crippen molar-refractivity contribution >= 4 is 23.2 Å². The number of amides is 2. The van der Waals surface area contributed by atoms with E-state index in [0.717, 1.165) is 0 Å². The normalized spacial score (nSPS) is 11.7. The standard InChI is InChI=1S/C21H16N2O4/c24-20(14-6-2-1-3-7-14)23-17-9-5-4-8-16(17)21(25)22-15-10-11-18-19(12-15)27-13-26-18/h1-12H,13H2,(H,22,25)(H,23,24). The molecule has 1 heterocycles. The first kappa shape index (κ1) is 16.7. The Morgan fingerprint density at radius 3 is 2.33 bits per heavy atom.